The fourth-order valence-corrected chi connectivity index (χ4v) is 2.44. The van der Waals surface area contributed by atoms with Gasteiger partial charge in [-0.3, -0.25) is 0 Å². The van der Waals surface area contributed by atoms with Crippen LogP contribution in [0.2, 0.25) is 0 Å². The summed E-state index contributed by atoms with van der Waals surface area (Å²) in [5.41, 5.74) is 0.840. The number of carbonyl (C=O) groups excluding carboxylic acids is 1. The Morgan fingerprint density at radius 3 is 2.78 bits per heavy atom. The minimum absolute atomic E-state index is 0.0630. The summed E-state index contributed by atoms with van der Waals surface area (Å²) in [5.74, 6) is 2.15. The van der Waals surface area contributed by atoms with E-state index in [1.54, 1.807) is 30.3 Å². The van der Waals surface area contributed by atoms with Crippen LogP contribution >= 0.6 is 0 Å². The third-order valence-corrected chi connectivity index (χ3v) is 3.61. The van der Waals surface area contributed by atoms with Crippen LogP contribution in [0, 0.1) is 18.2 Å². The zero-order valence-electron chi connectivity index (χ0n) is 14.6. The number of terminal acetylenes is 1. The molecule has 0 spiro atoms. The molecule has 0 amide bonds. The van der Waals surface area contributed by atoms with Crippen molar-refractivity contribution in [1.82, 2.24) is 0 Å². The molecule has 0 N–H and O–H groups in total. The Hall–Kier alpha value is -3.59. The van der Waals surface area contributed by atoms with Gasteiger partial charge in [0, 0.05) is 0 Å². The van der Waals surface area contributed by atoms with E-state index in [2.05, 4.69) is 10.9 Å². The first-order valence-corrected chi connectivity index (χ1v) is 8.23. The summed E-state index contributed by atoms with van der Waals surface area (Å²) in [6.07, 6.45) is 6.74. The zero-order chi connectivity index (χ0) is 19.2. The largest absolute Gasteiger partial charge is 0.490 e. The Balaban J connectivity index is 1.91. The molecule has 0 atom stereocenters. The molecule has 27 heavy (non-hydrogen) atoms. The van der Waals surface area contributed by atoms with Crippen molar-refractivity contribution in [3.8, 4) is 23.8 Å². The van der Waals surface area contributed by atoms with E-state index in [0.29, 0.717) is 23.7 Å². The second kappa shape index (κ2) is 8.19. The van der Waals surface area contributed by atoms with E-state index in [4.69, 9.17) is 20.6 Å². The van der Waals surface area contributed by atoms with Gasteiger partial charge < -0.3 is 14.2 Å². The summed E-state index contributed by atoms with van der Waals surface area (Å²) in [6.45, 7) is 2.39. The maximum absolute atomic E-state index is 13.9. The van der Waals surface area contributed by atoms with Crippen LogP contribution in [0.5, 0.6) is 11.5 Å². The fraction of sp³-hybridized carbons (Fsp3) is 0.143. The molecule has 0 saturated carbocycles. The number of hydrogen-bond donors (Lipinski definition) is 0. The maximum Gasteiger partial charge on any atom is 0.363 e. The highest BCUT2D eigenvalue weighted by molar-refractivity contribution is 6.12. The fourth-order valence-electron chi connectivity index (χ4n) is 2.44. The van der Waals surface area contributed by atoms with Gasteiger partial charge in [-0.2, -0.15) is 0 Å². The molecule has 1 aliphatic rings. The quantitative estimate of drug-likeness (QED) is 0.446. The van der Waals surface area contributed by atoms with Gasteiger partial charge in [0.15, 0.2) is 17.2 Å². The van der Waals surface area contributed by atoms with Crippen LogP contribution in [0.25, 0.3) is 6.08 Å². The van der Waals surface area contributed by atoms with Gasteiger partial charge in [0.05, 0.1) is 12.2 Å². The maximum atomic E-state index is 13.9. The van der Waals surface area contributed by atoms with Crippen molar-refractivity contribution in [3.05, 3.63) is 65.1 Å². The molecule has 136 valence electrons. The lowest BCUT2D eigenvalue weighted by Crippen LogP contribution is -2.07. The molecule has 3 rings (SSSR count). The van der Waals surface area contributed by atoms with Gasteiger partial charge in [-0.25, -0.2) is 14.2 Å². The second-order valence-electron chi connectivity index (χ2n) is 5.45. The standard InChI is InChI=1S/C21H16FNO4/c1-3-11-26-18-10-9-14(13-19(18)25-4-2)12-17-21(24)27-20(23-17)15-7-5-6-8-16(15)22/h1,5-10,12-13H,4,11H2,2H3/b17-12+. The molecule has 2 aromatic rings. The van der Waals surface area contributed by atoms with Crippen LogP contribution in [0.4, 0.5) is 4.39 Å². The molecule has 0 saturated heterocycles. The smallest absolute Gasteiger partial charge is 0.363 e. The van der Waals surface area contributed by atoms with E-state index in [9.17, 15) is 9.18 Å². The highest BCUT2D eigenvalue weighted by Gasteiger charge is 2.26. The first-order chi connectivity index (χ1) is 13.1. The molecule has 0 aliphatic carbocycles. The van der Waals surface area contributed by atoms with E-state index in [1.165, 1.54) is 18.2 Å². The van der Waals surface area contributed by atoms with Crippen molar-refractivity contribution in [2.45, 2.75) is 6.92 Å². The summed E-state index contributed by atoms with van der Waals surface area (Å²) >= 11 is 0. The Morgan fingerprint density at radius 2 is 2.04 bits per heavy atom. The van der Waals surface area contributed by atoms with Gasteiger partial charge in [0.2, 0.25) is 5.90 Å². The number of aliphatic imine (C=N–C) groups is 1. The number of cyclic esters (lactones) is 1. The molecule has 2 aromatic carbocycles. The van der Waals surface area contributed by atoms with Crippen LogP contribution in [-0.4, -0.2) is 25.1 Å². The monoisotopic (exact) mass is 365 g/mol. The Kier molecular flexibility index (Phi) is 5.53. The number of nitrogens with zero attached hydrogens (tertiary/aromatic N) is 1. The van der Waals surface area contributed by atoms with Crippen molar-refractivity contribution >= 4 is 17.9 Å². The Bertz CT molecular complexity index is 972. The lowest BCUT2D eigenvalue weighted by Gasteiger charge is -2.10. The lowest BCUT2D eigenvalue weighted by atomic mass is 10.1. The number of rotatable bonds is 6. The van der Waals surface area contributed by atoms with Crippen molar-refractivity contribution < 1.29 is 23.4 Å². The van der Waals surface area contributed by atoms with Crippen LogP contribution in [0.1, 0.15) is 18.1 Å². The van der Waals surface area contributed by atoms with E-state index in [-0.39, 0.29) is 23.8 Å². The van der Waals surface area contributed by atoms with E-state index < -0.39 is 11.8 Å². The highest BCUT2D eigenvalue weighted by atomic mass is 19.1. The third kappa shape index (κ3) is 4.15. The lowest BCUT2D eigenvalue weighted by molar-refractivity contribution is -0.129. The number of hydrogen-bond acceptors (Lipinski definition) is 5. The normalized spacial score (nSPS) is 14.5. The zero-order valence-corrected chi connectivity index (χ0v) is 14.6. The SMILES string of the molecule is C#CCOc1ccc(/C=C2/N=C(c3ccccc3F)OC2=O)cc1OCC. The summed E-state index contributed by atoms with van der Waals surface area (Å²) in [7, 11) is 0. The minimum atomic E-state index is -0.654. The molecule has 1 aliphatic heterocycles. The van der Waals surface area contributed by atoms with Gasteiger partial charge in [0.1, 0.15) is 12.4 Å². The summed E-state index contributed by atoms with van der Waals surface area (Å²) in [6, 6.07) is 11.1. The summed E-state index contributed by atoms with van der Waals surface area (Å²) in [4.78, 5) is 16.2. The minimum Gasteiger partial charge on any atom is -0.490 e. The predicted molar refractivity (Wildman–Crippen MR) is 98.9 cm³/mol. The number of ether oxygens (including phenoxy) is 3. The molecule has 0 aromatic heterocycles. The molecule has 6 heteroatoms. The molecule has 0 radical (unpaired) electrons. The number of halogens is 1. The molecule has 0 bridgehead atoms. The molecule has 1 heterocycles. The number of esters is 1. The van der Waals surface area contributed by atoms with Crippen molar-refractivity contribution in [3.63, 3.8) is 0 Å². The van der Waals surface area contributed by atoms with Crippen LogP contribution in [-0.2, 0) is 9.53 Å². The van der Waals surface area contributed by atoms with Crippen LogP contribution in [0.15, 0.2) is 53.2 Å². The van der Waals surface area contributed by atoms with Crippen molar-refractivity contribution in [2.24, 2.45) is 4.99 Å². The average Bonchev–Trinajstić information content (AvgIpc) is 3.02. The van der Waals surface area contributed by atoms with Gasteiger partial charge in [-0.15, -0.1) is 6.42 Å². The second-order valence-corrected chi connectivity index (χ2v) is 5.45. The Labute approximate surface area is 156 Å². The van der Waals surface area contributed by atoms with E-state index in [0.717, 1.165) is 0 Å². The molecule has 0 unspecified atom stereocenters. The van der Waals surface area contributed by atoms with Gasteiger partial charge in [-0.05, 0) is 42.8 Å². The van der Waals surface area contributed by atoms with Gasteiger partial charge in [-0.1, -0.05) is 24.1 Å². The van der Waals surface area contributed by atoms with Crippen molar-refractivity contribution in [2.75, 3.05) is 13.2 Å². The topological polar surface area (TPSA) is 57.1 Å². The molecule has 5 nitrogen and oxygen atoms in total. The molecule has 0 fully saturated rings. The van der Waals surface area contributed by atoms with Crippen molar-refractivity contribution in [1.29, 1.82) is 0 Å². The first kappa shape index (κ1) is 18.2. The Morgan fingerprint density at radius 1 is 1.22 bits per heavy atom. The average molecular weight is 365 g/mol. The third-order valence-electron chi connectivity index (χ3n) is 3.61. The van der Waals surface area contributed by atoms with Crippen LogP contribution in [0.3, 0.4) is 0 Å². The molecular weight excluding hydrogens is 349 g/mol. The summed E-state index contributed by atoms with van der Waals surface area (Å²) < 4.78 is 29.9. The van der Waals surface area contributed by atoms with Crippen LogP contribution < -0.4 is 9.47 Å². The van der Waals surface area contributed by atoms with E-state index in [1.807, 2.05) is 6.92 Å². The molecular formula is C21H16FNO4. The van der Waals surface area contributed by atoms with Gasteiger partial charge >= 0.3 is 5.97 Å². The highest BCUT2D eigenvalue weighted by Crippen LogP contribution is 2.30. The van der Waals surface area contributed by atoms with Gasteiger partial charge in [0.25, 0.3) is 0 Å². The predicted octanol–water partition coefficient (Wildman–Crippen LogP) is 3.58. The summed E-state index contributed by atoms with van der Waals surface area (Å²) in [5, 5.41) is 0. The van der Waals surface area contributed by atoms with E-state index >= 15 is 0 Å². The first-order valence-electron chi connectivity index (χ1n) is 8.23. The number of benzene rings is 2. The number of carbonyl (C=O) groups is 1.